The molecular weight excluding hydrogens is 238 g/mol. The predicted octanol–water partition coefficient (Wildman–Crippen LogP) is 2.64. The van der Waals surface area contributed by atoms with Crippen molar-refractivity contribution in [2.75, 3.05) is 6.54 Å². The molecule has 0 bridgehead atoms. The summed E-state index contributed by atoms with van der Waals surface area (Å²) in [7, 11) is 0. The van der Waals surface area contributed by atoms with Crippen LogP contribution in [0, 0.1) is 5.92 Å². The molecule has 0 radical (unpaired) electrons. The summed E-state index contributed by atoms with van der Waals surface area (Å²) >= 11 is 0. The summed E-state index contributed by atoms with van der Waals surface area (Å²) in [6.07, 6.45) is 2.71. The van der Waals surface area contributed by atoms with Crippen LogP contribution in [-0.2, 0) is 11.2 Å². The number of hydrogen-bond acceptors (Lipinski definition) is 2. The van der Waals surface area contributed by atoms with Gasteiger partial charge in [-0.05, 0) is 30.4 Å². The van der Waals surface area contributed by atoms with Crippen molar-refractivity contribution in [3.8, 4) is 5.75 Å². The second kappa shape index (κ2) is 4.87. The third kappa shape index (κ3) is 2.60. The van der Waals surface area contributed by atoms with Crippen LogP contribution < -0.4 is 4.74 Å². The molecule has 1 saturated carbocycles. The van der Waals surface area contributed by atoms with Gasteiger partial charge in [0.25, 0.3) is 5.91 Å². The number of carbonyl (C=O) groups is 1. The number of carbonyl (C=O) groups excluding carboxylic acids is 1. The molecule has 1 atom stereocenters. The Hall–Kier alpha value is -1.51. The van der Waals surface area contributed by atoms with Crippen LogP contribution >= 0.6 is 0 Å². The summed E-state index contributed by atoms with van der Waals surface area (Å²) in [6, 6.07) is 8.42. The molecule has 3 rings (SSSR count). The fraction of sp³-hybridized carbons (Fsp3) is 0.562. The molecule has 3 nitrogen and oxygen atoms in total. The van der Waals surface area contributed by atoms with Gasteiger partial charge in [0.2, 0.25) is 0 Å². The largest absolute Gasteiger partial charge is 0.480 e. The van der Waals surface area contributed by atoms with Crippen LogP contribution in [0.25, 0.3) is 0 Å². The Bertz CT molecular complexity index is 454. The minimum atomic E-state index is -0.309. The second-order valence-corrected chi connectivity index (χ2v) is 6.03. The minimum Gasteiger partial charge on any atom is -0.480 e. The van der Waals surface area contributed by atoms with Gasteiger partial charge in [0.05, 0.1) is 0 Å². The van der Waals surface area contributed by atoms with Gasteiger partial charge in [-0.25, -0.2) is 0 Å². The quantitative estimate of drug-likeness (QED) is 0.832. The first-order valence-electron chi connectivity index (χ1n) is 7.20. The Morgan fingerprint density at radius 1 is 1.37 bits per heavy atom. The van der Waals surface area contributed by atoms with Gasteiger partial charge >= 0.3 is 0 Å². The zero-order valence-electron chi connectivity index (χ0n) is 11.6. The van der Waals surface area contributed by atoms with Crippen molar-refractivity contribution in [3.05, 3.63) is 29.8 Å². The van der Waals surface area contributed by atoms with Gasteiger partial charge in [0.15, 0.2) is 6.10 Å². The Morgan fingerprint density at radius 3 is 2.74 bits per heavy atom. The number of ether oxygens (including phenoxy) is 1. The van der Waals surface area contributed by atoms with Gasteiger partial charge in [-0.1, -0.05) is 32.0 Å². The van der Waals surface area contributed by atoms with Crippen molar-refractivity contribution in [1.82, 2.24) is 4.90 Å². The van der Waals surface area contributed by atoms with Gasteiger partial charge in [0.1, 0.15) is 5.75 Å². The van der Waals surface area contributed by atoms with E-state index in [2.05, 4.69) is 13.8 Å². The van der Waals surface area contributed by atoms with E-state index < -0.39 is 0 Å². The first-order chi connectivity index (χ1) is 9.15. The Balaban J connectivity index is 1.71. The van der Waals surface area contributed by atoms with E-state index in [9.17, 15) is 4.79 Å². The molecule has 19 heavy (non-hydrogen) atoms. The highest BCUT2D eigenvalue weighted by Crippen LogP contribution is 2.33. The molecule has 0 aromatic heterocycles. The zero-order valence-corrected chi connectivity index (χ0v) is 11.6. The van der Waals surface area contributed by atoms with Gasteiger partial charge in [-0.15, -0.1) is 0 Å². The summed E-state index contributed by atoms with van der Waals surface area (Å²) < 4.78 is 5.82. The van der Waals surface area contributed by atoms with Gasteiger partial charge in [0, 0.05) is 19.0 Å². The number of fused-ring (bicyclic) bond motifs is 1. The predicted molar refractivity (Wildman–Crippen MR) is 74.1 cm³/mol. The fourth-order valence-corrected chi connectivity index (χ4v) is 2.70. The van der Waals surface area contributed by atoms with E-state index >= 15 is 0 Å². The molecule has 1 fully saturated rings. The lowest BCUT2D eigenvalue weighted by Gasteiger charge is -2.26. The van der Waals surface area contributed by atoms with E-state index in [1.807, 2.05) is 29.2 Å². The number of para-hydroxylation sites is 1. The van der Waals surface area contributed by atoms with Gasteiger partial charge in [-0.3, -0.25) is 4.79 Å². The average Bonchev–Trinajstić information content (AvgIpc) is 3.13. The van der Waals surface area contributed by atoms with E-state index in [4.69, 9.17) is 4.74 Å². The number of amides is 1. The standard InChI is InChI=1S/C16H21NO2/c1-11(2)10-17(13-7-8-13)16(18)15-9-12-5-3-4-6-14(12)19-15/h3-6,11,13,15H,7-10H2,1-2H3. The third-order valence-corrected chi connectivity index (χ3v) is 3.76. The molecule has 0 spiro atoms. The summed E-state index contributed by atoms with van der Waals surface area (Å²) in [5.41, 5.74) is 1.15. The van der Waals surface area contributed by atoms with Crippen molar-refractivity contribution in [2.24, 2.45) is 5.92 Å². The van der Waals surface area contributed by atoms with Crippen LogP contribution in [0.5, 0.6) is 5.75 Å². The van der Waals surface area contributed by atoms with Crippen molar-refractivity contribution in [3.63, 3.8) is 0 Å². The number of nitrogens with zero attached hydrogens (tertiary/aromatic N) is 1. The van der Waals surface area contributed by atoms with Crippen molar-refractivity contribution < 1.29 is 9.53 Å². The first kappa shape index (κ1) is 12.5. The molecule has 1 unspecified atom stereocenters. The third-order valence-electron chi connectivity index (χ3n) is 3.76. The van der Waals surface area contributed by atoms with Crippen LogP contribution in [0.4, 0.5) is 0 Å². The van der Waals surface area contributed by atoms with Crippen molar-refractivity contribution in [2.45, 2.75) is 45.3 Å². The smallest absolute Gasteiger partial charge is 0.264 e. The molecule has 1 aliphatic carbocycles. The van der Waals surface area contributed by atoms with Crippen LogP contribution in [0.15, 0.2) is 24.3 Å². The monoisotopic (exact) mass is 259 g/mol. The van der Waals surface area contributed by atoms with Crippen molar-refractivity contribution >= 4 is 5.91 Å². The molecule has 1 aliphatic heterocycles. The topological polar surface area (TPSA) is 29.5 Å². The number of hydrogen-bond donors (Lipinski definition) is 0. The van der Waals surface area contributed by atoms with E-state index in [0.717, 1.165) is 37.1 Å². The molecule has 1 amide bonds. The molecule has 1 aromatic rings. The lowest BCUT2D eigenvalue weighted by molar-refractivity contribution is -0.139. The highest BCUT2D eigenvalue weighted by atomic mass is 16.5. The maximum Gasteiger partial charge on any atom is 0.264 e. The molecule has 1 aromatic carbocycles. The van der Waals surface area contributed by atoms with Crippen LogP contribution in [-0.4, -0.2) is 29.5 Å². The second-order valence-electron chi connectivity index (χ2n) is 6.03. The van der Waals surface area contributed by atoms with E-state index in [1.165, 1.54) is 0 Å². The maximum atomic E-state index is 12.6. The van der Waals surface area contributed by atoms with Crippen LogP contribution in [0.3, 0.4) is 0 Å². The molecular formula is C16H21NO2. The molecule has 1 heterocycles. The molecule has 0 N–H and O–H groups in total. The zero-order chi connectivity index (χ0) is 13.4. The Labute approximate surface area is 114 Å². The number of benzene rings is 1. The van der Waals surface area contributed by atoms with E-state index in [-0.39, 0.29) is 12.0 Å². The highest BCUT2D eigenvalue weighted by Gasteiger charge is 2.39. The summed E-state index contributed by atoms with van der Waals surface area (Å²) in [4.78, 5) is 14.7. The summed E-state index contributed by atoms with van der Waals surface area (Å²) in [6.45, 7) is 5.17. The van der Waals surface area contributed by atoms with E-state index in [1.54, 1.807) is 0 Å². The van der Waals surface area contributed by atoms with Gasteiger partial charge in [-0.2, -0.15) is 0 Å². The lowest BCUT2D eigenvalue weighted by atomic mass is 10.1. The maximum absolute atomic E-state index is 12.6. The molecule has 102 valence electrons. The normalized spacial score (nSPS) is 21.1. The average molecular weight is 259 g/mol. The highest BCUT2D eigenvalue weighted by molar-refractivity contribution is 5.83. The van der Waals surface area contributed by atoms with Crippen LogP contribution in [0.1, 0.15) is 32.3 Å². The summed E-state index contributed by atoms with van der Waals surface area (Å²) in [5.74, 6) is 1.56. The molecule has 2 aliphatic rings. The Morgan fingerprint density at radius 2 is 2.11 bits per heavy atom. The first-order valence-corrected chi connectivity index (χ1v) is 7.20. The number of rotatable bonds is 4. The van der Waals surface area contributed by atoms with E-state index in [0.29, 0.717) is 12.0 Å². The fourth-order valence-electron chi connectivity index (χ4n) is 2.70. The van der Waals surface area contributed by atoms with Gasteiger partial charge < -0.3 is 9.64 Å². The lowest BCUT2D eigenvalue weighted by Crippen LogP contribution is -2.44. The Kier molecular flexibility index (Phi) is 3.21. The SMILES string of the molecule is CC(C)CN(C(=O)C1Cc2ccccc2O1)C1CC1. The molecule has 3 heteroatoms. The van der Waals surface area contributed by atoms with Crippen molar-refractivity contribution in [1.29, 1.82) is 0 Å². The summed E-state index contributed by atoms with van der Waals surface area (Å²) in [5, 5.41) is 0. The minimum absolute atomic E-state index is 0.174. The molecule has 0 saturated heterocycles. The van der Waals surface area contributed by atoms with Crippen LogP contribution in [0.2, 0.25) is 0 Å².